The topological polar surface area (TPSA) is 83.9 Å². The van der Waals surface area contributed by atoms with E-state index in [1.54, 1.807) is 30.3 Å². The van der Waals surface area contributed by atoms with Crippen LogP contribution in [0.15, 0.2) is 30.3 Å². The molecule has 0 bridgehead atoms. The van der Waals surface area contributed by atoms with Crippen molar-refractivity contribution in [2.75, 3.05) is 0 Å². The lowest BCUT2D eigenvalue weighted by Crippen LogP contribution is -2.16. The summed E-state index contributed by atoms with van der Waals surface area (Å²) in [6.45, 7) is 0. The SMILES string of the molecule is O=C(OO)c1ccccc1.O=C1CCC(=O)N1Cl. The standard InChI is InChI=1S/C7H6O3.C4H4ClNO2/c8-7(10-9)6-4-2-1-3-5-6;5-6-3(7)1-2-4(6)8/h1-5,9H;1-2H2. The Morgan fingerprint density at radius 2 is 1.67 bits per heavy atom. The maximum absolute atomic E-state index is 10.5. The third-order valence-corrected chi connectivity index (χ3v) is 2.46. The lowest BCUT2D eigenvalue weighted by atomic mass is 10.2. The molecule has 0 radical (unpaired) electrons. The summed E-state index contributed by atoms with van der Waals surface area (Å²) in [5.74, 6) is -1.33. The highest BCUT2D eigenvalue weighted by molar-refractivity contribution is 6.32. The van der Waals surface area contributed by atoms with Crippen LogP contribution in [0.5, 0.6) is 0 Å². The highest BCUT2D eigenvalue weighted by Crippen LogP contribution is 2.12. The molecule has 0 unspecified atom stereocenters. The van der Waals surface area contributed by atoms with Crippen molar-refractivity contribution in [1.82, 2.24) is 4.42 Å². The van der Waals surface area contributed by atoms with Gasteiger partial charge in [-0.3, -0.25) is 14.5 Å². The predicted molar refractivity (Wildman–Crippen MR) is 61.4 cm³/mol. The predicted octanol–water partition coefficient (Wildman–Crippen LogP) is 1.61. The quantitative estimate of drug-likeness (QED) is 0.363. The van der Waals surface area contributed by atoms with Crippen LogP contribution >= 0.6 is 11.8 Å². The maximum Gasteiger partial charge on any atom is 0.372 e. The number of amides is 2. The van der Waals surface area contributed by atoms with E-state index in [2.05, 4.69) is 4.89 Å². The minimum Gasteiger partial charge on any atom is -0.296 e. The van der Waals surface area contributed by atoms with E-state index in [0.29, 0.717) is 9.98 Å². The first-order chi connectivity index (χ1) is 8.56. The Kier molecular flexibility index (Phi) is 5.29. The van der Waals surface area contributed by atoms with Gasteiger partial charge in [0.05, 0.1) is 5.56 Å². The molecule has 7 heteroatoms. The molecule has 1 aliphatic rings. The van der Waals surface area contributed by atoms with Crippen molar-refractivity contribution in [2.45, 2.75) is 12.8 Å². The zero-order valence-corrected chi connectivity index (χ0v) is 9.96. The molecule has 1 aliphatic heterocycles. The number of imide groups is 1. The smallest absolute Gasteiger partial charge is 0.296 e. The molecule has 0 aromatic heterocycles. The molecule has 1 aromatic carbocycles. The molecule has 18 heavy (non-hydrogen) atoms. The zero-order chi connectivity index (χ0) is 13.5. The van der Waals surface area contributed by atoms with Crippen molar-refractivity contribution < 1.29 is 24.5 Å². The van der Waals surface area contributed by atoms with Gasteiger partial charge in [0.25, 0.3) is 0 Å². The molecule has 0 spiro atoms. The Morgan fingerprint density at radius 1 is 1.17 bits per heavy atom. The van der Waals surface area contributed by atoms with Crippen LogP contribution in [0.25, 0.3) is 0 Å². The number of hydrogen-bond acceptors (Lipinski definition) is 5. The normalized spacial score (nSPS) is 14.0. The van der Waals surface area contributed by atoms with E-state index in [9.17, 15) is 14.4 Å². The largest absolute Gasteiger partial charge is 0.372 e. The molecular formula is C11H10ClNO5. The van der Waals surface area contributed by atoms with E-state index in [1.807, 2.05) is 0 Å². The summed E-state index contributed by atoms with van der Waals surface area (Å²) in [6, 6.07) is 8.25. The van der Waals surface area contributed by atoms with Gasteiger partial charge in [0.15, 0.2) is 0 Å². The monoisotopic (exact) mass is 271 g/mol. The molecule has 2 amide bonds. The zero-order valence-electron chi connectivity index (χ0n) is 9.21. The summed E-state index contributed by atoms with van der Waals surface area (Å²) in [5.41, 5.74) is 0.338. The molecule has 1 saturated heterocycles. The van der Waals surface area contributed by atoms with Crippen molar-refractivity contribution >= 4 is 29.6 Å². The lowest BCUT2D eigenvalue weighted by Gasteiger charge is -1.96. The molecule has 0 saturated carbocycles. The second kappa shape index (κ2) is 6.73. The van der Waals surface area contributed by atoms with E-state index in [4.69, 9.17) is 17.0 Å². The molecule has 0 atom stereocenters. The fourth-order valence-electron chi connectivity index (χ4n) is 1.18. The van der Waals surface area contributed by atoms with Crippen molar-refractivity contribution in [3.8, 4) is 0 Å². The molecule has 2 rings (SSSR count). The number of halogens is 1. The van der Waals surface area contributed by atoms with Gasteiger partial charge in [-0.2, -0.15) is 9.68 Å². The molecule has 96 valence electrons. The van der Waals surface area contributed by atoms with Crippen LogP contribution in [-0.2, 0) is 14.5 Å². The van der Waals surface area contributed by atoms with Crippen LogP contribution in [0.3, 0.4) is 0 Å². The van der Waals surface area contributed by atoms with Crippen LogP contribution in [-0.4, -0.2) is 27.5 Å². The molecule has 0 aliphatic carbocycles. The lowest BCUT2D eigenvalue weighted by molar-refractivity contribution is -0.182. The van der Waals surface area contributed by atoms with Crippen LogP contribution in [0.4, 0.5) is 0 Å². The summed E-state index contributed by atoms with van der Waals surface area (Å²) in [7, 11) is 0. The van der Waals surface area contributed by atoms with Crippen molar-refractivity contribution in [3.05, 3.63) is 35.9 Å². The Hall–Kier alpha value is -1.92. The number of hydrogen-bond donors (Lipinski definition) is 1. The second-order valence-corrected chi connectivity index (χ2v) is 3.65. The molecule has 1 aromatic rings. The van der Waals surface area contributed by atoms with Crippen molar-refractivity contribution in [1.29, 1.82) is 0 Å². The summed E-state index contributed by atoms with van der Waals surface area (Å²) in [6.07, 6.45) is 0.532. The Bertz CT molecular complexity index is 432. The Morgan fingerprint density at radius 3 is 2.00 bits per heavy atom. The van der Waals surface area contributed by atoms with Gasteiger partial charge >= 0.3 is 5.97 Å². The number of carbonyl (C=O) groups is 3. The molecular weight excluding hydrogens is 262 g/mol. The fourth-order valence-corrected chi connectivity index (χ4v) is 1.35. The van der Waals surface area contributed by atoms with Gasteiger partial charge in [-0.25, -0.2) is 4.79 Å². The summed E-state index contributed by atoms with van der Waals surface area (Å²) >= 11 is 5.15. The Balaban J connectivity index is 0.000000184. The molecule has 1 heterocycles. The van der Waals surface area contributed by atoms with E-state index >= 15 is 0 Å². The summed E-state index contributed by atoms with van der Waals surface area (Å²) in [5, 5.41) is 7.94. The van der Waals surface area contributed by atoms with Gasteiger partial charge in [0.2, 0.25) is 11.8 Å². The fraction of sp³-hybridized carbons (Fsp3) is 0.182. The van der Waals surface area contributed by atoms with Crippen LogP contribution in [0.2, 0.25) is 0 Å². The van der Waals surface area contributed by atoms with E-state index in [1.165, 1.54) is 0 Å². The van der Waals surface area contributed by atoms with Crippen molar-refractivity contribution in [3.63, 3.8) is 0 Å². The van der Waals surface area contributed by atoms with Crippen molar-refractivity contribution in [2.24, 2.45) is 0 Å². The average Bonchev–Trinajstić information content (AvgIpc) is 2.71. The number of carbonyl (C=O) groups excluding carboxylic acids is 3. The minimum absolute atomic E-state index is 0.266. The Labute approximate surface area is 108 Å². The molecule has 1 fully saturated rings. The summed E-state index contributed by atoms with van der Waals surface area (Å²) in [4.78, 5) is 34.8. The first-order valence-electron chi connectivity index (χ1n) is 4.98. The minimum atomic E-state index is -0.736. The second-order valence-electron chi connectivity index (χ2n) is 3.31. The number of rotatable bonds is 1. The van der Waals surface area contributed by atoms with Gasteiger partial charge in [0.1, 0.15) is 0 Å². The van der Waals surface area contributed by atoms with Crippen LogP contribution in [0, 0.1) is 0 Å². The van der Waals surface area contributed by atoms with E-state index in [-0.39, 0.29) is 24.7 Å². The molecule has 6 nitrogen and oxygen atoms in total. The first-order valence-corrected chi connectivity index (χ1v) is 5.32. The number of benzene rings is 1. The molecule has 1 N–H and O–H groups in total. The van der Waals surface area contributed by atoms with Gasteiger partial charge < -0.3 is 0 Å². The van der Waals surface area contributed by atoms with Gasteiger partial charge in [-0.15, -0.1) is 0 Å². The first kappa shape index (κ1) is 14.1. The van der Waals surface area contributed by atoms with Crippen LogP contribution in [0.1, 0.15) is 23.2 Å². The van der Waals surface area contributed by atoms with Gasteiger partial charge in [-0.1, -0.05) is 18.2 Å². The van der Waals surface area contributed by atoms with E-state index in [0.717, 1.165) is 0 Å². The maximum atomic E-state index is 10.5. The van der Waals surface area contributed by atoms with E-state index < -0.39 is 5.97 Å². The van der Waals surface area contributed by atoms with Gasteiger partial charge in [-0.05, 0) is 12.1 Å². The highest BCUT2D eigenvalue weighted by Gasteiger charge is 2.26. The van der Waals surface area contributed by atoms with Gasteiger partial charge in [0, 0.05) is 24.6 Å². The average molecular weight is 272 g/mol. The third kappa shape index (κ3) is 3.83. The number of nitrogens with zero attached hydrogens (tertiary/aromatic N) is 1. The summed E-state index contributed by atoms with van der Waals surface area (Å²) < 4.78 is 0.639. The third-order valence-electron chi connectivity index (χ3n) is 2.08. The highest BCUT2D eigenvalue weighted by atomic mass is 35.5. The van der Waals surface area contributed by atoms with Crippen LogP contribution < -0.4 is 0 Å².